The number of amides is 1. The molecule has 1 atom stereocenters. The third-order valence-corrected chi connectivity index (χ3v) is 4.65. The zero-order valence-electron chi connectivity index (χ0n) is 14.3. The fourth-order valence-corrected chi connectivity index (χ4v) is 3.24. The molecule has 0 saturated heterocycles. The van der Waals surface area contributed by atoms with Gasteiger partial charge in [0.1, 0.15) is 5.82 Å². The molecule has 8 heteroatoms. The molecule has 1 unspecified atom stereocenters. The van der Waals surface area contributed by atoms with Crippen LogP contribution in [-0.2, 0) is 13.0 Å². The van der Waals surface area contributed by atoms with E-state index in [9.17, 15) is 4.79 Å². The smallest absolute Gasteiger partial charge is 0.257 e. The Balaban J connectivity index is 1.55. The molecule has 3 aromatic heterocycles. The van der Waals surface area contributed by atoms with Gasteiger partial charge in [-0.2, -0.15) is 0 Å². The molecule has 0 spiro atoms. The molecule has 0 aromatic carbocycles. The maximum absolute atomic E-state index is 12.6. The molecule has 1 aliphatic rings. The van der Waals surface area contributed by atoms with Crippen LogP contribution >= 0.6 is 0 Å². The summed E-state index contributed by atoms with van der Waals surface area (Å²) in [6, 6.07) is 1.52. The van der Waals surface area contributed by atoms with Gasteiger partial charge in [0.05, 0.1) is 22.7 Å². The highest BCUT2D eigenvalue weighted by atomic mass is 16.5. The lowest BCUT2D eigenvalue weighted by molar-refractivity contribution is 0.0937. The van der Waals surface area contributed by atoms with Gasteiger partial charge in [-0.05, 0) is 32.8 Å². The van der Waals surface area contributed by atoms with Crippen LogP contribution in [0.2, 0.25) is 0 Å². The molecular weight excluding hydrogens is 320 g/mol. The van der Waals surface area contributed by atoms with E-state index in [0.29, 0.717) is 17.0 Å². The van der Waals surface area contributed by atoms with Gasteiger partial charge >= 0.3 is 0 Å². The van der Waals surface area contributed by atoms with Gasteiger partial charge in [0, 0.05) is 19.2 Å². The first-order chi connectivity index (χ1) is 12.1. The summed E-state index contributed by atoms with van der Waals surface area (Å²) in [5, 5.41) is 16.2. The van der Waals surface area contributed by atoms with E-state index in [4.69, 9.17) is 4.52 Å². The van der Waals surface area contributed by atoms with Gasteiger partial charge in [-0.15, -0.1) is 10.2 Å². The molecule has 0 fully saturated rings. The summed E-state index contributed by atoms with van der Waals surface area (Å²) in [5.74, 6) is 1.62. The number of hydrogen-bond acceptors (Lipinski definition) is 6. The molecule has 130 valence electrons. The van der Waals surface area contributed by atoms with Crippen LogP contribution in [0.4, 0.5) is 0 Å². The Hall–Kier alpha value is -2.77. The number of carbonyl (C=O) groups is 1. The second-order valence-corrected chi connectivity index (χ2v) is 6.48. The largest absolute Gasteiger partial charge is 0.342 e. The maximum Gasteiger partial charge on any atom is 0.257 e. The van der Waals surface area contributed by atoms with E-state index in [0.717, 1.165) is 42.8 Å². The van der Waals surface area contributed by atoms with Crippen LogP contribution in [-0.4, -0.2) is 30.8 Å². The molecule has 1 N–H and O–H groups in total. The van der Waals surface area contributed by atoms with Crippen molar-refractivity contribution in [3.8, 4) is 0 Å². The average Bonchev–Trinajstić information content (AvgIpc) is 3.10. The van der Waals surface area contributed by atoms with E-state index in [1.165, 1.54) is 12.6 Å². The van der Waals surface area contributed by atoms with Crippen LogP contribution in [0.25, 0.3) is 11.1 Å². The van der Waals surface area contributed by atoms with Crippen molar-refractivity contribution < 1.29 is 9.32 Å². The summed E-state index contributed by atoms with van der Waals surface area (Å²) in [5.41, 5.74) is 1.62. The average molecular weight is 340 g/mol. The van der Waals surface area contributed by atoms with Gasteiger partial charge in [0.15, 0.2) is 5.82 Å². The Kier molecular flexibility index (Phi) is 3.95. The van der Waals surface area contributed by atoms with Gasteiger partial charge in [-0.1, -0.05) is 11.6 Å². The van der Waals surface area contributed by atoms with Gasteiger partial charge < -0.3 is 14.4 Å². The summed E-state index contributed by atoms with van der Waals surface area (Å²) in [7, 11) is 0. The number of fused-ring (bicyclic) bond motifs is 2. The molecule has 1 amide bonds. The Bertz CT molecular complexity index is 929. The minimum Gasteiger partial charge on any atom is -0.342 e. The number of hydrogen-bond donors (Lipinski definition) is 1. The maximum atomic E-state index is 12.6. The molecule has 0 radical (unpaired) electrons. The van der Waals surface area contributed by atoms with Gasteiger partial charge in [0.2, 0.25) is 0 Å². The Morgan fingerprint density at radius 3 is 3.08 bits per heavy atom. The first kappa shape index (κ1) is 15.7. The molecule has 0 aliphatic carbocycles. The second kappa shape index (κ2) is 6.27. The lowest BCUT2D eigenvalue weighted by Gasteiger charge is -2.15. The van der Waals surface area contributed by atoms with E-state index >= 15 is 0 Å². The highest BCUT2D eigenvalue weighted by molar-refractivity contribution is 5.97. The molecule has 4 heterocycles. The minimum atomic E-state index is -0.230. The first-order valence-electron chi connectivity index (χ1n) is 8.58. The van der Waals surface area contributed by atoms with E-state index in [1.54, 1.807) is 6.07 Å². The topological polar surface area (TPSA) is 98.7 Å². The molecule has 4 rings (SSSR count). The van der Waals surface area contributed by atoms with Crippen molar-refractivity contribution in [2.45, 2.75) is 52.1 Å². The summed E-state index contributed by atoms with van der Waals surface area (Å²) in [6.45, 7) is 4.66. The van der Waals surface area contributed by atoms with Crippen molar-refractivity contribution in [1.82, 2.24) is 30.2 Å². The van der Waals surface area contributed by atoms with Gasteiger partial charge in [0.25, 0.3) is 11.6 Å². The number of nitrogens with zero attached hydrogens (tertiary/aromatic N) is 5. The van der Waals surface area contributed by atoms with Crippen LogP contribution in [0.3, 0.4) is 0 Å². The van der Waals surface area contributed by atoms with Crippen molar-refractivity contribution in [2.75, 3.05) is 0 Å². The number of nitrogens with one attached hydrogen (secondary N) is 1. The molecule has 1 aliphatic heterocycles. The van der Waals surface area contributed by atoms with Crippen molar-refractivity contribution in [3.63, 3.8) is 0 Å². The highest BCUT2D eigenvalue weighted by Gasteiger charge is 2.21. The normalized spacial score (nSPS) is 15.6. The van der Waals surface area contributed by atoms with Crippen LogP contribution in [0, 0.1) is 6.92 Å². The minimum absolute atomic E-state index is 0.200. The number of aryl methyl sites for hydroxylation is 2. The van der Waals surface area contributed by atoms with Crippen molar-refractivity contribution >= 4 is 17.0 Å². The quantitative estimate of drug-likeness (QED) is 0.786. The number of carbonyl (C=O) groups excluding carboxylic acids is 1. The highest BCUT2D eigenvalue weighted by Crippen LogP contribution is 2.20. The monoisotopic (exact) mass is 340 g/mol. The fraction of sp³-hybridized carbons (Fsp3) is 0.471. The summed E-state index contributed by atoms with van der Waals surface area (Å²) < 4.78 is 7.23. The second-order valence-electron chi connectivity index (χ2n) is 6.48. The van der Waals surface area contributed by atoms with E-state index < -0.39 is 0 Å². The molecule has 25 heavy (non-hydrogen) atoms. The zero-order chi connectivity index (χ0) is 17.4. The third-order valence-electron chi connectivity index (χ3n) is 4.65. The first-order valence-corrected chi connectivity index (χ1v) is 8.58. The van der Waals surface area contributed by atoms with E-state index in [-0.39, 0.29) is 11.9 Å². The van der Waals surface area contributed by atoms with Crippen molar-refractivity contribution in [3.05, 3.63) is 35.2 Å². The van der Waals surface area contributed by atoms with Crippen LogP contribution in [0.15, 0.2) is 16.8 Å². The SMILES string of the molecule is Cc1noc2ncc(C(=O)NC(C)c3nnc4n3CCCCC4)cc12. The number of aromatic nitrogens is 5. The molecule has 0 bridgehead atoms. The van der Waals surface area contributed by atoms with Crippen LogP contribution in [0.5, 0.6) is 0 Å². The van der Waals surface area contributed by atoms with Crippen LogP contribution < -0.4 is 5.32 Å². The number of pyridine rings is 1. The Labute approximate surface area is 144 Å². The number of rotatable bonds is 3. The van der Waals surface area contributed by atoms with Crippen LogP contribution in [0.1, 0.15) is 59.9 Å². The van der Waals surface area contributed by atoms with E-state index in [1.807, 2.05) is 13.8 Å². The standard InChI is InChI=1S/C17H20N6O2/c1-10-13-8-12(9-18-17(13)25-22-10)16(24)19-11(2)15-21-20-14-6-4-3-5-7-23(14)15/h8-9,11H,3-7H2,1-2H3,(H,19,24). The van der Waals surface area contributed by atoms with Crippen molar-refractivity contribution in [1.29, 1.82) is 0 Å². The van der Waals surface area contributed by atoms with Gasteiger partial charge in [-0.3, -0.25) is 4.79 Å². The lowest BCUT2D eigenvalue weighted by Crippen LogP contribution is -2.29. The fourth-order valence-electron chi connectivity index (χ4n) is 3.24. The van der Waals surface area contributed by atoms with E-state index in [2.05, 4.69) is 30.2 Å². The lowest BCUT2D eigenvalue weighted by atomic mass is 10.2. The predicted molar refractivity (Wildman–Crippen MR) is 90.0 cm³/mol. The molecule has 8 nitrogen and oxygen atoms in total. The molecule has 0 saturated carbocycles. The predicted octanol–water partition coefficient (Wildman–Crippen LogP) is 2.34. The molecular formula is C17H20N6O2. The Morgan fingerprint density at radius 2 is 2.20 bits per heavy atom. The summed E-state index contributed by atoms with van der Waals surface area (Å²) in [6.07, 6.45) is 5.91. The Morgan fingerprint density at radius 1 is 1.32 bits per heavy atom. The summed E-state index contributed by atoms with van der Waals surface area (Å²) >= 11 is 0. The van der Waals surface area contributed by atoms with Gasteiger partial charge in [-0.25, -0.2) is 4.98 Å². The zero-order valence-corrected chi connectivity index (χ0v) is 14.3. The summed E-state index contributed by atoms with van der Waals surface area (Å²) in [4.78, 5) is 16.8. The molecule has 3 aromatic rings. The van der Waals surface area contributed by atoms with Crippen molar-refractivity contribution in [2.24, 2.45) is 0 Å². The third kappa shape index (κ3) is 2.88.